The van der Waals surface area contributed by atoms with Gasteiger partial charge in [0.25, 0.3) is 0 Å². The van der Waals surface area contributed by atoms with Crippen molar-refractivity contribution in [3.05, 3.63) is 72.4 Å². The number of pyridine rings is 1. The lowest BCUT2D eigenvalue weighted by atomic mass is 10.0. The van der Waals surface area contributed by atoms with E-state index in [4.69, 9.17) is 0 Å². The van der Waals surface area contributed by atoms with Crippen LogP contribution in [0.15, 0.2) is 55.1 Å². The monoisotopic (exact) mass is 449 g/mol. The van der Waals surface area contributed by atoms with Crippen LogP contribution in [-0.4, -0.2) is 36.5 Å². The predicted molar refractivity (Wildman–Crippen MR) is 119 cm³/mol. The predicted octanol–water partition coefficient (Wildman–Crippen LogP) is 4.71. The lowest BCUT2D eigenvalue weighted by molar-refractivity contribution is 0.583. The van der Waals surface area contributed by atoms with E-state index in [1.807, 2.05) is 31.2 Å². The fourth-order valence-corrected chi connectivity index (χ4v) is 4.62. The van der Waals surface area contributed by atoms with Gasteiger partial charge >= 0.3 is 0 Å². The minimum atomic E-state index is -0.539. The van der Waals surface area contributed by atoms with E-state index >= 15 is 0 Å². The summed E-state index contributed by atoms with van der Waals surface area (Å²) in [5.74, 6) is -0.722. The molecule has 160 valence electrons. The molecule has 7 nitrogen and oxygen atoms in total. The first kappa shape index (κ1) is 20.1. The second-order valence-electron chi connectivity index (χ2n) is 7.14. The van der Waals surface area contributed by atoms with Crippen LogP contribution in [-0.2, 0) is 6.54 Å². The molecule has 0 atom stereocenters. The van der Waals surface area contributed by atoms with Gasteiger partial charge in [-0.15, -0.1) is 16.4 Å². The number of aromatic nitrogens is 6. The quantitative estimate of drug-likeness (QED) is 0.378. The molecular weight excluding hydrogens is 432 g/mol. The molecule has 1 N–H and O–H groups in total. The molecule has 0 radical (unpaired) electrons. The Morgan fingerprint density at radius 1 is 1.09 bits per heavy atom. The van der Waals surface area contributed by atoms with Crippen LogP contribution in [0.2, 0.25) is 0 Å². The first-order valence-corrected chi connectivity index (χ1v) is 10.7. The van der Waals surface area contributed by atoms with Crippen molar-refractivity contribution >= 4 is 27.4 Å². The maximum absolute atomic E-state index is 14.6. The molecule has 0 spiro atoms. The molecule has 0 amide bonds. The zero-order valence-corrected chi connectivity index (χ0v) is 17.8. The van der Waals surface area contributed by atoms with Crippen molar-refractivity contribution < 1.29 is 8.78 Å². The first-order valence-electron chi connectivity index (χ1n) is 9.84. The lowest BCUT2D eigenvalue weighted by Gasteiger charge is -2.07. The number of hydrogen-bond acceptors (Lipinski definition) is 7. The van der Waals surface area contributed by atoms with Gasteiger partial charge in [-0.25, -0.2) is 19.3 Å². The minimum Gasteiger partial charge on any atom is -0.352 e. The van der Waals surface area contributed by atoms with Gasteiger partial charge in [0.1, 0.15) is 5.69 Å². The molecule has 0 aliphatic heterocycles. The number of hydrogen-bond donors (Lipinski definition) is 1. The number of benzene rings is 1. The Labute approximate surface area is 185 Å². The highest BCUT2D eigenvalue weighted by Crippen LogP contribution is 2.40. The van der Waals surface area contributed by atoms with E-state index < -0.39 is 11.8 Å². The van der Waals surface area contributed by atoms with Gasteiger partial charge in [0, 0.05) is 29.7 Å². The molecule has 5 rings (SSSR count). The van der Waals surface area contributed by atoms with Crippen LogP contribution in [0, 0.1) is 18.7 Å². The van der Waals surface area contributed by atoms with Crippen molar-refractivity contribution in [1.82, 2.24) is 29.9 Å². The fourth-order valence-electron chi connectivity index (χ4n) is 3.44. The molecule has 0 saturated heterocycles. The Morgan fingerprint density at radius 2 is 2.00 bits per heavy atom. The van der Waals surface area contributed by atoms with Gasteiger partial charge in [-0.1, -0.05) is 23.4 Å². The van der Waals surface area contributed by atoms with Crippen LogP contribution in [0.5, 0.6) is 0 Å². The second kappa shape index (κ2) is 8.39. The van der Waals surface area contributed by atoms with E-state index in [0.29, 0.717) is 23.9 Å². The van der Waals surface area contributed by atoms with Crippen molar-refractivity contribution in [2.24, 2.45) is 0 Å². The molecular formula is C22H17F2N7S. The largest absolute Gasteiger partial charge is 0.352 e. The molecule has 0 fully saturated rings. The van der Waals surface area contributed by atoms with E-state index in [1.54, 1.807) is 17.1 Å². The standard InChI is InChI=1S/C22H17F2N7S/c1-13-11-26-19(24)10-16(13)15-4-2-3-14-9-18(32-21(14)15)20-17(23)12-27-22(29-20)25-5-7-31-8-6-28-30-31/h2-4,6,8-12H,5,7H2,1H3,(H,25,27,29). The van der Waals surface area contributed by atoms with Crippen LogP contribution in [0.3, 0.4) is 0 Å². The Balaban J connectivity index is 1.49. The van der Waals surface area contributed by atoms with Crippen LogP contribution in [0.1, 0.15) is 5.56 Å². The van der Waals surface area contributed by atoms with E-state index in [9.17, 15) is 8.78 Å². The maximum Gasteiger partial charge on any atom is 0.223 e. The van der Waals surface area contributed by atoms with Crippen LogP contribution in [0.25, 0.3) is 31.8 Å². The number of fused-ring (bicyclic) bond motifs is 1. The van der Waals surface area contributed by atoms with Gasteiger partial charge in [0.2, 0.25) is 11.9 Å². The molecule has 0 aliphatic rings. The molecule has 4 aromatic heterocycles. The topological polar surface area (TPSA) is 81.4 Å². The molecule has 32 heavy (non-hydrogen) atoms. The summed E-state index contributed by atoms with van der Waals surface area (Å²) in [4.78, 5) is 12.8. The van der Waals surface area contributed by atoms with Crippen molar-refractivity contribution in [2.75, 3.05) is 11.9 Å². The average Bonchev–Trinajstić information content (AvgIpc) is 3.46. The average molecular weight is 449 g/mol. The molecule has 4 heterocycles. The Kier molecular flexibility index (Phi) is 5.28. The Bertz CT molecular complexity index is 1400. The summed E-state index contributed by atoms with van der Waals surface area (Å²) < 4.78 is 31.0. The zero-order chi connectivity index (χ0) is 22.1. The highest BCUT2D eigenvalue weighted by Gasteiger charge is 2.16. The van der Waals surface area contributed by atoms with E-state index in [-0.39, 0.29) is 5.69 Å². The van der Waals surface area contributed by atoms with Crippen molar-refractivity contribution in [1.29, 1.82) is 0 Å². The molecule has 10 heteroatoms. The third kappa shape index (κ3) is 3.92. The number of aryl methyl sites for hydroxylation is 1. The number of halogens is 2. The Hall–Kier alpha value is -3.79. The molecule has 0 bridgehead atoms. The molecule has 0 aliphatic carbocycles. The van der Waals surface area contributed by atoms with Crippen molar-refractivity contribution in [3.8, 4) is 21.7 Å². The lowest BCUT2D eigenvalue weighted by Crippen LogP contribution is -2.13. The van der Waals surface area contributed by atoms with Gasteiger partial charge in [-0.2, -0.15) is 4.39 Å². The highest BCUT2D eigenvalue weighted by molar-refractivity contribution is 7.22. The number of thiophene rings is 1. The summed E-state index contributed by atoms with van der Waals surface area (Å²) in [6.45, 7) is 2.97. The van der Waals surface area contributed by atoms with Crippen LogP contribution >= 0.6 is 11.3 Å². The molecule has 5 aromatic rings. The summed E-state index contributed by atoms with van der Waals surface area (Å²) in [6.07, 6.45) is 6.03. The van der Waals surface area contributed by atoms with E-state index in [0.717, 1.165) is 33.0 Å². The van der Waals surface area contributed by atoms with E-state index in [1.165, 1.54) is 23.6 Å². The number of nitrogens with zero attached hydrogens (tertiary/aromatic N) is 6. The minimum absolute atomic E-state index is 0.216. The number of rotatable bonds is 6. The van der Waals surface area contributed by atoms with Crippen LogP contribution in [0.4, 0.5) is 14.7 Å². The third-order valence-electron chi connectivity index (χ3n) is 4.98. The molecule has 0 saturated carbocycles. The molecule has 0 unspecified atom stereocenters. The van der Waals surface area contributed by atoms with Crippen LogP contribution < -0.4 is 5.32 Å². The van der Waals surface area contributed by atoms with Gasteiger partial charge in [-0.05, 0) is 35.1 Å². The summed E-state index contributed by atoms with van der Waals surface area (Å²) in [5, 5.41) is 11.7. The normalized spacial score (nSPS) is 11.2. The summed E-state index contributed by atoms with van der Waals surface area (Å²) in [5.41, 5.74) is 2.71. The molecule has 1 aromatic carbocycles. The van der Waals surface area contributed by atoms with Gasteiger partial charge in [0.15, 0.2) is 5.82 Å². The van der Waals surface area contributed by atoms with E-state index in [2.05, 4.69) is 30.6 Å². The third-order valence-corrected chi connectivity index (χ3v) is 6.17. The summed E-state index contributed by atoms with van der Waals surface area (Å²) >= 11 is 1.41. The summed E-state index contributed by atoms with van der Waals surface area (Å²) in [7, 11) is 0. The smallest absolute Gasteiger partial charge is 0.223 e. The van der Waals surface area contributed by atoms with Gasteiger partial charge in [0.05, 0.1) is 23.8 Å². The second-order valence-corrected chi connectivity index (χ2v) is 8.19. The maximum atomic E-state index is 14.6. The zero-order valence-electron chi connectivity index (χ0n) is 17.0. The first-order chi connectivity index (χ1) is 15.6. The number of nitrogens with one attached hydrogen (secondary N) is 1. The number of anilines is 1. The van der Waals surface area contributed by atoms with Gasteiger partial charge in [-0.3, -0.25) is 4.68 Å². The Morgan fingerprint density at radius 3 is 2.84 bits per heavy atom. The fraction of sp³-hybridized carbons (Fsp3) is 0.136. The van der Waals surface area contributed by atoms with Gasteiger partial charge < -0.3 is 5.32 Å². The SMILES string of the molecule is Cc1cnc(F)cc1-c1cccc2cc(-c3nc(NCCn4ccnn4)ncc3F)sc12. The highest BCUT2D eigenvalue weighted by atomic mass is 32.1. The van der Waals surface area contributed by atoms with Crippen molar-refractivity contribution in [2.45, 2.75) is 13.5 Å². The summed E-state index contributed by atoms with van der Waals surface area (Å²) in [6, 6.07) is 9.09. The van der Waals surface area contributed by atoms with Crippen molar-refractivity contribution in [3.63, 3.8) is 0 Å².